The summed E-state index contributed by atoms with van der Waals surface area (Å²) in [5.41, 5.74) is 9.42. The van der Waals surface area contributed by atoms with E-state index in [1.165, 1.54) is 7.05 Å². The Labute approximate surface area is 66.7 Å². The fourth-order valence-corrected chi connectivity index (χ4v) is 0.490. The summed E-state index contributed by atoms with van der Waals surface area (Å²) < 4.78 is 0. The lowest BCUT2D eigenvalue weighted by molar-refractivity contribution is -0.123. The molecule has 10 heavy (non-hydrogen) atoms. The molecule has 1 heterocycles. The van der Waals surface area contributed by atoms with E-state index in [0.29, 0.717) is 0 Å². The minimum absolute atomic E-state index is 0. The molecule has 1 aliphatic rings. The zero-order valence-electron chi connectivity index (χ0n) is 5.96. The van der Waals surface area contributed by atoms with E-state index in [0.717, 1.165) is 13.1 Å². The van der Waals surface area contributed by atoms with Crippen LogP contribution in [0.1, 0.15) is 0 Å². The fraction of sp³-hybridized carbons (Fsp3) is 0.800. The van der Waals surface area contributed by atoms with Gasteiger partial charge in [0.2, 0.25) is 5.91 Å². The van der Waals surface area contributed by atoms with Gasteiger partial charge in [0.1, 0.15) is 0 Å². The SMILES string of the molecule is CN.Cl.NC(=O)C1CNC1. The topological polar surface area (TPSA) is 81.1 Å². The van der Waals surface area contributed by atoms with Crippen LogP contribution < -0.4 is 16.8 Å². The Morgan fingerprint density at radius 2 is 1.90 bits per heavy atom. The number of nitrogens with two attached hydrogens (primary N) is 2. The minimum Gasteiger partial charge on any atom is -0.369 e. The van der Waals surface area contributed by atoms with Crippen molar-refractivity contribution in [1.82, 2.24) is 5.32 Å². The summed E-state index contributed by atoms with van der Waals surface area (Å²) in [6, 6.07) is 0. The summed E-state index contributed by atoms with van der Waals surface area (Å²) in [7, 11) is 1.50. The van der Waals surface area contributed by atoms with Gasteiger partial charge in [-0.15, -0.1) is 12.4 Å². The average molecular weight is 168 g/mol. The first-order valence-electron chi connectivity index (χ1n) is 2.88. The molecule has 0 atom stereocenters. The van der Waals surface area contributed by atoms with Gasteiger partial charge < -0.3 is 16.8 Å². The smallest absolute Gasteiger partial charge is 0.223 e. The van der Waals surface area contributed by atoms with Crippen molar-refractivity contribution in [1.29, 1.82) is 0 Å². The minimum atomic E-state index is -0.182. The van der Waals surface area contributed by atoms with Gasteiger partial charge >= 0.3 is 0 Å². The van der Waals surface area contributed by atoms with Crippen LogP contribution in [-0.4, -0.2) is 26.0 Å². The molecule has 0 bridgehead atoms. The lowest BCUT2D eigenvalue weighted by atomic mass is 10.0. The number of hydrogen-bond donors (Lipinski definition) is 3. The van der Waals surface area contributed by atoms with E-state index in [-0.39, 0.29) is 24.2 Å². The summed E-state index contributed by atoms with van der Waals surface area (Å²) in [6.45, 7) is 1.55. The molecule has 1 saturated heterocycles. The predicted molar refractivity (Wildman–Crippen MR) is 42.9 cm³/mol. The second-order valence-electron chi connectivity index (χ2n) is 1.76. The van der Waals surface area contributed by atoms with Crippen molar-refractivity contribution in [3.8, 4) is 0 Å². The molecule has 0 aromatic heterocycles. The highest BCUT2D eigenvalue weighted by Gasteiger charge is 2.21. The van der Waals surface area contributed by atoms with Gasteiger partial charge in [-0.1, -0.05) is 0 Å². The van der Waals surface area contributed by atoms with Crippen LogP contribution in [0.25, 0.3) is 0 Å². The lowest BCUT2D eigenvalue weighted by Gasteiger charge is -2.22. The molecule has 0 aliphatic carbocycles. The molecule has 5 heteroatoms. The van der Waals surface area contributed by atoms with Gasteiger partial charge in [-0.2, -0.15) is 0 Å². The molecule has 1 fully saturated rings. The molecule has 1 amide bonds. The van der Waals surface area contributed by atoms with Crippen LogP contribution in [0.4, 0.5) is 0 Å². The summed E-state index contributed by atoms with van der Waals surface area (Å²) >= 11 is 0. The molecule has 0 unspecified atom stereocenters. The number of amides is 1. The maximum Gasteiger partial charge on any atom is 0.223 e. The number of hydrogen-bond acceptors (Lipinski definition) is 3. The van der Waals surface area contributed by atoms with Crippen molar-refractivity contribution in [3.63, 3.8) is 0 Å². The highest BCUT2D eigenvalue weighted by molar-refractivity contribution is 5.85. The van der Waals surface area contributed by atoms with Gasteiger partial charge in [0.05, 0.1) is 5.92 Å². The molecule has 0 aromatic carbocycles. The van der Waals surface area contributed by atoms with Crippen LogP contribution in [0.5, 0.6) is 0 Å². The predicted octanol–water partition coefficient (Wildman–Crippen LogP) is -1.31. The fourth-order valence-electron chi connectivity index (χ4n) is 0.490. The van der Waals surface area contributed by atoms with Gasteiger partial charge in [0.25, 0.3) is 0 Å². The Bertz CT molecular complexity index is 94.9. The van der Waals surface area contributed by atoms with Crippen LogP contribution in [0.2, 0.25) is 0 Å². The van der Waals surface area contributed by atoms with E-state index >= 15 is 0 Å². The van der Waals surface area contributed by atoms with Crippen molar-refractivity contribution in [2.24, 2.45) is 17.4 Å². The number of primary amides is 1. The van der Waals surface area contributed by atoms with E-state index < -0.39 is 0 Å². The van der Waals surface area contributed by atoms with Gasteiger partial charge in [0, 0.05) is 13.1 Å². The zero-order valence-corrected chi connectivity index (χ0v) is 6.78. The normalized spacial score (nSPS) is 15.4. The van der Waals surface area contributed by atoms with Gasteiger partial charge in [-0.25, -0.2) is 0 Å². The summed E-state index contributed by atoms with van der Waals surface area (Å²) in [6.07, 6.45) is 0. The number of carbonyl (C=O) groups excluding carboxylic acids is 1. The van der Waals surface area contributed by atoms with Crippen molar-refractivity contribution in [2.45, 2.75) is 0 Å². The molecule has 1 rings (SSSR count). The molecule has 5 N–H and O–H groups in total. The van der Waals surface area contributed by atoms with Gasteiger partial charge in [0.15, 0.2) is 0 Å². The quantitative estimate of drug-likeness (QED) is 0.454. The molecular weight excluding hydrogens is 154 g/mol. The maximum absolute atomic E-state index is 10.2. The third-order valence-corrected chi connectivity index (χ3v) is 1.18. The van der Waals surface area contributed by atoms with E-state index in [1.807, 2.05) is 0 Å². The van der Waals surface area contributed by atoms with Crippen molar-refractivity contribution >= 4 is 18.3 Å². The second kappa shape index (κ2) is 6.80. The highest BCUT2D eigenvalue weighted by atomic mass is 35.5. The first-order chi connectivity index (χ1) is 4.30. The standard InChI is InChI=1S/C4H8N2O.CH5N.ClH/c5-4(7)3-1-6-2-3;1-2;/h3,6H,1-2H2,(H2,5,7);2H2,1H3;1H. The van der Waals surface area contributed by atoms with E-state index in [2.05, 4.69) is 11.1 Å². The van der Waals surface area contributed by atoms with Crippen molar-refractivity contribution < 1.29 is 4.79 Å². The molecule has 1 aliphatic heterocycles. The second-order valence-corrected chi connectivity index (χ2v) is 1.76. The number of carbonyl (C=O) groups is 1. The Morgan fingerprint density at radius 1 is 1.50 bits per heavy atom. The molecule has 0 aromatic rings. The number of rotatable bonds is 1. The van der Waals surface area contributed by atoms with Crippen LogP contribution in [0.3, 0.4) is 0 Å². The highest BCUT2D eigenvalue weighted by Crippen LogP contribution is 1.98. The maximum atomic E-state index is 10.2. The lowest BCUT2D eigenvalue weighted by Crippen LogP contribution is -2.49. The number of halogens is 1. The Kier molecular flexibility index (Phi) is 8.40. The van der Waals surface area contributed by atoms with E-state index in [4.69, 9.17) is 5.73 Å². The van der Waals surface area contributed by atoms with E-state index in [9.17, 15) is 4.79 Å². The van der Waals surface area contributed by atoms with Crippen molar-refractivity contribution in [3.05, 3.63) is 0 Å². The summed E-state index contributed by atoms with van der Waals surface area (Å²) in [4.78, 5) is 10.2. The van der Waals surface area contributed by atoms with Crippen molar-refractivity contribution in [2.75, 3.05) is 20.1 Å². The molecule has 62 valence electrons. The molecule has 4 nitrogen and oxygen atoms in total. The molecule has 0 radical (unpaired) electrons. The first kappa shape index (κ1) is 12.4. The zero-order chi connectivity index (χ0) is 7.28. The Balaban J connectivity index is 0. The van der Waals surface area contributed by atoms with Crippen LogP contribution in [-0.2, 0) is 4.79 Å². The molecule has 0 spiro atoms. The van der Waals surface area contributed by atoms with Crippen LogP contribution in [0, 0.1) is 5.92 Å². The van der Waals surface area contributed by atoms with E-state index in [1.54, 1.807) is 0 Å². The van der Waals surface area contributed by atoms with Gasteiger partial charge in [-0.05, 0) is 7.05 Å². The molecule has 0 saturated carbocycles. The van der Waals surface area contributed by atoms with Crippen LogP contribution in [0.15, 0.2) is 0 Å². The average Bonchev–Trinajstić information content (AvgIpc) is 1.65. The summed E-state index contributed by atoms with van der Waals surface area (Å²) in [5.74, 6) is -0.0706. The third kappa shape index (κ3) is 3.66. The Hall–Kier alpha value is -0.320. The number of nitrogens with one attached hydrogen (secondary N) is 1. The summed E-state index contributed by atoms with van der Waals surface area (Å²) in [5, 5.41) is 2.94. The largest absolute Gasteiger partial charge is 0.369 e. The monoisotopic (exact) mass is 167 g/mol. The third-order valence-electron chi connectivity index (χ3n) is 1.18. The van der Waals surface area contributed by atoms with Crippen LogP contribution >= 0.6 is 12.4 Å². The Morgan fingerprint density at radius 3 is 1.90 bits per heavy atom. The first-order valence-corrected chi connectivity index (χ1v) is 2.88. The van der Waals surface area contributed by atoms with Gasteiger partial charge in [-0.3, -0.25) is 4.79 Å². The molecular formula is C5H14ClN3O.